The Hall–Kier alpha value is -0.220. The maximum atomic E-state index is 11.8. The van der Waals surface area contributed by atoms with Crippen LogP contribution in [0.5, 0.6) is 0 Å². The van der Waals surface area contributed by atoms with Crippen LogP contribution in [-0.4, -0.2) is 41.1 Å². The van der Waals surface area contributed by atoms with Crippen molar-refractivity contribution in [3.05, 3.63) is 0 Å². The summed E-state index contributed by atoms with van der Waals surface area (Å²) in [7, 11) is 0. The van der Waals surface area contributed by atoms with Crippen molar-refractivity contribution in [3.63, 3.8) is 0 Å². The number of thioether (sulfide) groups is 1. The van der Waals surface area contributed by atoms with Crippen molar-refractivity contribution in [1.82, 2.24) is 10.2 Å². The Morgan fingerprint density at radius 2 is 2.33 bits per heavy atom. The monoisotopic (exact) mass is 228 g/mol. The SMILES string of the molecule is CC(C)C1NCC(=O)N1C1CCCSC1. The van der Waals surface area contributed by atoms with Gasteiger partial charge in [0.25, 0.3) is 0 Å². The first-order chi connectivity index (χ1) is 7.20. The van der Waals surface area contributed by atoms with Gasteiger partial charge in [0.2, 0.25) is 5.91 Å². The molecule has 3 nitrogen and oxygen atoms in total. The standard InChI is InChI=1S/C11H20N2OS/c1-8(2)11-12-6-10(14)13(11)9-4-3-5-15-7-9/h8-9,11-12H,3-7H2,1-2H3. The van der Waals surface area contributed by atoms with Crippen LogP contribution in [0.3, 0.4) is 0 Å². The number of rotatable bonds is 2. The Bertz CT molecular complexity index is 239. The maximum Gasteiger partial charge on any atom is 0.238 e. The van der Waals surface area contributed by atoms with Gasteiger partial charge in [0.1, 0.15) is 0 Å². The second-order valence-corrected chi connectivity index (χ2v) is 5.89. The van der Waals surface area contributed by atoms with Gasteiger partial charge in [-0.3, -0.25) is 10.1 Å². The number of amides is 1. The van der Waals surface area contributed by atoms with Gasteiger partial charge in [-0.15, -0.1) is 0 Å². The van der Waals surface area contributed by atoms with Crippen molar-refractivity contribution >= 4 is 17.7 Å². The van der Waals surface area contributed by atoms with Crippen molar-refractivity contribution in [2.45, 2.75) is 38.9 Å². The molecule has 2 atom stereocenters. The quantitative estimate of drug-likeness (QED) is 0.773. The molecule has 2 unspecified atom stereocenters. The molecule has 2 heterocycles. The summed E-state index contributed by atoms with van der Waals surface area (Å²) in [6, 6.07) is 0.471. The van der Waals surface area contributed by atoms with E-state index in [1.54, 1.807) is 0 Å². The number of hydrogen-bond donors (Lipinski definition) is 1. The molecule has 1 N–H and O–H groups in total. The predicted octanol–water partition coefficient (Wildman–Crippen LogP) is 1.30. The number of carbonyl (C=O) groups is 1. The van der Waals surface area contributed by atoms with Crippen LogP contribution in [0.15, 0.2) is 0 Å². The molecular formula is C11H20N2OS. The third kappa shape index (κ3) is 2.31. The van der Waals surface area contributed by atoms with Crippen LogP contribution in [0.25, 0.3) is 0 Å². The maximum absolute atomic E-state index is 11.8. The zero-order chi connectivity index (χ0) is 10.8. The van der Waals surface area contributed by atoms with Gasteiger partial charge in [-0.25, -0.2) is 0 Å². The van der Waals surface area contributed by atoms with Gasteiger partial charge in [-0.1, -0.05) is 13.8 Å². The normalized spacial score (nSPS) is 32.7. The third-order valence-corrected chi connectivity index (χ3v) is 4.41. The van der Waals surface area contributed by atoms with E-state index in [-0.39, 0.29) is 6.17 Å². The van der Waals surface area contributed by atoms with Crippen LogP contribution < -0.4 is 5.32 Å². The average Bonchev–Trinajstić information content (AvgIpc) is 2.61. The van der Waals surface area contributed by atoms with E-state index in [1.807, 2.05) is 11.8 Å². The molecule has 0 spiro atoms. The van der Waals surface area contributed by atoms with E-state index in [2.05, 4.69) is 24.1 Å². The average molecular weight is 228 g/mol. The number of nitrogens with one attached hydrogen (secondary N) is 1. The molecule has 1 amide bonds. The molecule has 0 saturated carbocycles. The molecule has 0 radical (unpaired) electrons. The minimum atomic E-state index is 0.265. The highest BCUT2D eigenvalue weighted by molar-refractivity contribution is 7.99. The van der Waals surface area contributed by atoms with Gasteiger partial charge >= 0.3 is 0 Å². The Labute approximate surface area is 96.0 Å². The Balaban J connectivity index is 2.05. The summed E-state index contributed by atoms with van der Waals surface area (Å²) in [6.45, 7) is 4.89. The fourth-order valence-corrected chi connectivity index (χ4v) is 3.60. The summed E-state index contributed by atoms with van der Waals surface area (Å²) >= 11 is 1.98. The molecule has 86 valence electrons. The summed E-state index contributed by atoms with van der Waals surface area (Å²) in [5.41, 5.74) is 0. The first-order valence-corrected chi connectivity index (χ1v) is 6.98. The lowest BCUT2D eigenvalue weighted by atomic mass is 10.1. The van der Waals surface area contributed by atoms with E-state index in [1.165, 1.54) is 18.6 Å². The van der Waals surface area contributed by atoms with Crippen LogP contribution >= 0.6 is 11.8 Å². The smallest absolute Gasteiger partial charge is 0.238 e. The first-order valence-electron chi connectivity index (χ1n) is 5.82. The molecule has 2 aliphatic heterocycles. The summed E-state index contributed by atoms with van der Waals surface area (Å²) in [5.74, 6) is 3.18. The second-order valence-electron chi connectivity index (χ2n) is 4.74. The summed E-state index contributed by atoms with van der Waals surface area (Å²) in [4.78, 5) is 14.0. The summed E-state index contributed by atoms with van der Waals surface area (Å²) in [6.07, 6.45) is 2.70. The highest BCUT2D eigenvalue weighted by Crippen LogP contribution is 2.26. The lowest BCUT2D eigenvalue weighted by Gasteiger charge is -2.36. The summed E-state index contributed by atoms with van der Waals surface area (Å²) < 4.78 is 0. The molecule has 0 aliphatic carbocycles. The zero-order valence-electron chi connectivity index (χ0n) is 9.53. The van der Waals surface area contributed by atoms with E-state index < -0.39 is 0 Å². The van der Waals surface area contributed by atoms with Crippen molar-refractivity contribution in [1.29, 1.82) is 0 Å². The Morgan fingerprint density at radius 1 is 1.53 bits per heavy atom. The fourth-order valence-electron chi connectivity index (χ4n) is 2.47. The van der Waals surface area contributed by atoms with Gasteiger partial charge in [0.15, 0.2) is 0 Å². The van der Waals surface area contributed by atoms with Gasteiger partial charge in [0, 0.05) is 11.8 Å². The fraction of sp³-hybridized carbons (Fsp3) is 0.909. The molecule has 2 saturated heterocycles. The van der Waals surface area contributed by atoms with E-state index in [9.17, 15) is 4.79 Å². The van der Waals surface area contributed by atoms with Crippen LogP contribution in [0.2, 0.25) is 0 Å². The molecule has 15 heavy (non-hydrogen) atoms. The Kier molecular flexibility index (Phi) is 3.57. The molecule has 0 aromatic heterocycles. The molecular weight excluding hydrogens is 208 g/mol. The van der Waals surface area contributed by atoms with Crippen LogP contribution in [0, 0.1) is 5.92 Å². The number of hydrogen-bond acceptors (Lipinski definition) is 3. The topological polar surface area (TPSA) is 32.3 Å². The van der Waals surface area contributed by atoms with Crippen molar-refractivity contribution in [2.24, 2.45) is 5.92 Å². The lowest BCUT2D eigenvalue weighted by Crippen LogP contribution is -2.49. The van der Waals surface area contributed by atoms with E-state index in [4.69, 9.17) is 0 Å². The van der Waals surface area contributed by atoms with Crippen molar-refractivity contribution < 1.29 is 4.79 Å². The van der Waals surface area contributed by atoms with Gasteiger partial charge in [0.05, 0.1) is 12.7 Å². The second kappa shape index (κ2) is 4.74. The van der Waals surface area contributed by atoms with Crippen molar-refractivity contribution in [2.75, 3.05) is 18.1 Å². The minimum Gasteiger partial charge on any atom is -0.322 e. The highest BCUT2D eigenvalue weighted by atomic mass is 32.2. The van der Waals surface area contributed by atoms with Gasteiger partial charge in [-0.2, -0.15) is 11.8 Å². The van der Waals surface area contributed by atoms with Gasteiger partial charge < -0.3 is 4.90 Å². The van der Waals surface area contributed by atoms with Crippen LogP contribution in [0.4, 0.5) is 0 Å². The molecule has 2 rings (SSSR count). The number of nitrogens with zero attached hydrogens (tertiary/aromatic N) is 1. The number of carbonyl (C=O) groups excluding carboxylic acids is 1. The molecule has 2 aliphatic rings. The molecule has 0 aromatic rings. The predicted molar refractivity (Wildman–Crippen MR) is 63.8 cm³/mol. The first kappa shape index (κ1) is 11.3. The van der Waals surface area contributed by atoms with E-state index in [0.29, 0.717) is 24.4 Å². The molecule has 2 fully saturated rings. The van der Waals surface area contributed by atoms with Crippen LogP contribution in [0.1, 0.15) is 26.7 Å². The summed E-state index contributed by atoms with van der Waals surface area (Å²) in [5, 5.41) is 3.32. The lowest BCUT2D eigenvalue weighted by molar-refractivity contribution is -0.130. The van der Waals surface area contributed by atoms with E-state index in [0.717, 1.165) is 5.75 Å². The highest BCUT2D eigenvalue weighted by Gasteiger charge is 2.37. The molecule has 4 heteroatoms. The molecule has 0 aromatic carbocycles. The minimum absolute atomic E-state index is 0.265. The van der Waals surface area contributed by atoms with Gasteiger partial charge in [-0.05, 0) is 24.5 Å². The molecule has 0 bridgehead atoms. The largest absolute Gasteiger partial charge is 0.322 e. The van der Waals surface area contributed by atoms with Crippen molar-refractivity contribution in [3.8, 4) is 0 Å². The Morgan fingerprint density at radius 3 is 2.93 bits per heavy atom. The van der Waals surface area contributed by atoms with E-state index >= 15 is 0 Å². The zero-order valence-corrected chi connectivity index (χ0v) is 10.3. The third-order valence-electron chi connectivity index (χ3n) is 3.21. The van der Waals surface area contributed by atoms with Crippen LogP contribution in [-0.2, 0) is 4.79 Å².